The lowest BCUT2D eigenvalue weighted by Gasteiger charge is -2.29. The molecule has 0 aromatic heterocycles. The van der Waals surface area contributed by atoms with Gasteiger partial charge in [-0.3, -0.25) is 0 Å². The van der Waals surface area contributed by atoms with E-state index in [1.54, 1.807) is 0 Å². The van der Waals surface area contributed by atoms with Crippen LogP contribution in [0.2, 0.25) is 0 Å². The van der Waals surface area contributed by atoms with Crippen LogP contribution in [0.15, 0.2) is 28.7 Å². The molecular weight excluding hydrogens is 310 g/mol. The molecule has 20 heavy (non-hydrogen) atoms. The smallest absolute Gasteiger partial charge is 0.0175 e. The van der Waals surface area contributed by atoms with Crippen LogP contribution in [0.1, 0.15) is 57.4 Å². The van der Waals surface area contributed by atoms with Crippen LogP contribution in [0, 0.1) is 5.92 Å². The van der Waals surface area contributed by atoms with Crippen molar-refractivity contribution in [3.63, 3.8) is 0 Å². The maximum Gasteiger partial charge on any atom is 0.0175 e. The summed E-state index contributed by atoms with van der Waals surface area (Å²) in [6.45, 7) is 3.31. The van der Waals surface area contributed by atoms with Crippen LogP contribution in [-0.4, -0.2) is 12.6 Å². The number of rotatable bonds is 5. The van der Waals surface area contributed by atoms with Crippen molar-refractivity contribution >= 4 is 15.9 Å². The lowest BCUT2D eigenvalue weighted by Crippen LogP contribution is -2.38. The van der Waals surface area contributed by atoms with Gasteiger partial charge in [-0.25, -0.2) is 0 Å². The third-order valence-electron chi connectivity index (χ3n) is 4.55. The van der Waals surface area contributed by atoms with Crippen molar-refractivity contribution in [1.82, 2.24) is 5.32 Å². The van der Waals surface area contributed by atoms with Crippen LogP contribution in [-0.2, 0) is 6.42 Å². The van der Waals surface area contributed by atoms with E-state index < -0.39 is 0 Å². The highest BCUT2D eigenvalue weighted by Gasteiger charge is 2.21. The molecule has 1 N–H and O–H groups in total. The monoisotopic (exact) mass is 337 g/mol. The highest BCUT2D eigenvalue weighted by atomic mass is 79.9. The third kappa shape index (κ3) is 5.21. The minimum absolute atomic E-state index is 0.652. The second-order valence-corrected chi connectivity index (χ2v) is 7.02. The normalized spacial score (nSPS) is 19.3. The molecule has 1 aliphatic carbocycles. The Labute approximate surface area is 132 Å². The van der Waals surface area contributed by atoms with Gasteiger partial charge < -0.3 is 5.32 Å². The molecule has 0 radical (unpaired) electrons. The molecule has 1 aromatic rings. The summed E-state index contributed by atoms with van der Waals surface area (Å²) in [4.78, 5) is 0. The van der Waals surface area contributed by atoms with Gasteiger partial charge in [0, 0.05) is 10.5 Å². The van der Waals surface area contributed by atoms with Crippen molar-refractivity contribution in [2.24, 2.45) is 5.92 Å². The number of hydrogen-bond acceptors (Lipinski definition) is 1. The predicted octanol–water partition coefficient (Wildman–Crippen LogP) is 5.33. The minimum Gasteiger partial charge on any atom is -0.314 e. The Kier molecular flexibility index (Phi) is 7.09. The summed E-state index contributed by atoms with van der Waals surface area (Å²) in [5.74, 6) is 0.860. The van der Waals surface area contributed by atoms with Crippen LogP contribution < -0.4 is 5.32 Å². The Hall–Kier alpha value is -0.340. The Balaban J connectivity index is 1.98. The van der Waals surface area contributed by atoms with Crippen molar-refractivity contribution in [2.45, 2.75) is 64.3 Å². The molecule has 1 aromatic carbocycles. The predicted molar refractivity (Wildman–Crippen MR) is 91.1 cm³/mol. The highest BCUT2D eigenvalue weighted by Crippen LogP contribution is 2.27. The lowest BCUT2D eigenvalue weighted by atomic mass is 9.83. The van der Waals surface area contributed by atoms with E-state index in [-0.39, 0.29) is 0 Å². The topological polar surface area (TPSA) is 12.0 Å². The summed E-state index contributed by atoms with van der Waals surface area (Å²) >= 11 is 3.52. The molecule has 1 atom stereocenters. The Morgan fingerprint density at radius 3 is 2.25 bits per heavy atom. The number of halogens is 1. The van der Waals surface area contributed by atoms with Gasteiger partial charge in [0.2, 0.25) is 0 Å². The Morgan fingerprint density at radius 2 is 1.65 bits per heavy atom. The zero-order valence-electron chi connectivity index (χ0n) is 12.7. The molecule has 1 saturated carbocycles. The fourth-order valence-corrected chi connectivity index (χ4v) is 3.70. The second kappa shape index (κ2) is 8.84. The van der Waals surface area contributed by atoms with E-state index in [9.17, 15) is 0 Å². The SMILES string of the molecule is CCNC(Cc1ccc(Br)cc1)C1CCCCCCC1. The minimum atomic E-state index is 0.652. The first-order chi connectivity index (χ1) is 9.79. The van der Waals surface area contributed by atoms with Crippen LogP contribution >= 0.6 is 15.9 Å². The zero-order valence-corrected chi connectivity index (χ0v) is 14.3. The van der Waals surface area contributed by atoms with Gasteiger partial charge >= 0.3 is 0 Å². The summed E-state index contributed by atoms with van der Waals surface area (Å²) in [7, 11) is 0. The zero-order chi connectivity index (χ0) is 14.2. The molecule has 0 aliphatic heterocycles. The van der Waals surface area contributed by atoms with Crippen LogP contribution in [0.3, 0.4) is 0 Å². The first kappa shape index (κ1) is 16.0. The van der Waals surface area contributed by atoms with Crippen molar-refractivity contribution < 1.29 is 0 Å². The van der Waals surface area contributed by atoms with E-state index >= 15 is 0 Å². The maximum absolute atomic E-state index is 3.75. The molecule has 2 rings (SSSR count). The van der Waals surface area contributed by atoms with Gasteiger partial charge in [-0.15, -0.1) is 0 Å². The first-order valence-electron chi connectivity index (χ1n) is 8.27. The molecule has 1 aliphatic rings. The maximum atomic E-state index is 3.75. The summed E-state index contributed by atoms with van der Waals surface area (Å²) in [5.41, 5.74) is 1.46. The number of nitrogens with one attached hydrogen (secondary N) is 1. The first-order valence-corrected chi connectivity index (χ1v) is 9.06. The van der Waals surface area contributed by atoms with Crippen molar-refractivity contribution in [3.05, 3.63) is 34.3 Å². The van der Waals surface area contributed by atoms with Gasteiger partial charge in [-0.1, -0.05) is 67.1 Å². The number of likely N-dealkylation sites (N-methyl/N-ethyl adjacent to an activating group) is 1. The average Bonchev–Trinajstić information content (AvgIpc) is 2.41. The van der Waals surface area contributed by atoms with E-state index in [4.69, 9.17) is 0 Å². The number of benzene rings is 1. The van der Waals surface area contributed by atoms with E-state index in [2.05, 4.69) is 52.4 Å². The van der Waals surface area contributed by atoms with E-state index in [0.29, 0.717) is 6.04 Å². The Morgan fingerprint density at radius 1 is 1.05 bits per heavy atom. The summed E-state index contributed by atoms with van der Waals surface area (Å²) in [6, 6.07) is 9.50. The molecule has 1 unspecified atom stereocenters. The van der Waals surface area contributed by atoms with E-state index in [1.165, 1.54) is 61.4 Å². The number of hydrogen-bond donors (Lipinski definition) is 1. The van der Waals surface area contributed by atoms with Crippen molar-refractivity contribution in [1.29, 1.82) is 0 Å². The Bertz CT molecular complexity index is 366. The standard InChI is InChI=1S/C18H28BrN/c1-2-20-18(14-15-10-12-17(19)13-11-15)16-8-6-4-3-5-7-9-16/h10-13,16,18,20H,2-9,14H2,1H3. The van der Waals surface area contributed by atoms with E-state index in [0.717, 1.165) is 12.5 Å². The van der Waals surface area contributed by atoms with Crippen LogP contribution in [0.25, 0.3) is 0 Å². The molecule has 0 spiro atoms. The molecule has 0 bridgehead atoms. The van der Waals surface area contributed by atoms with Gasteiger partial charge in [0.05, 0.1) is 0 Å². The molecule has 112 valence electrons. The molecule has 0 amide bonds. The molecule has 1 nitrogen and oxygen atoms in total. The molecule has 0 heterocycles. The summed E-state index contributed by atoms with van der Waals surface area (Å²) < 4.78 is 1.17. The highest BCUT2D eigenvalue weighted by molar-refractivity contribution is 9.10. The molecule has 0 saturated heterocycles. The fourth-order valence-electron chi connectivity index (χ4n) is 3.43. The van der Waals surface area contributed by atoms with Crippen molar-refractivity contribution in [3.8, 4) is 0 Å². The second-order valence-electron chi connectivity index (χ2n) is 6.10. The van der Waals surface area contributed by atoms with Gasteiger partial charge in [-0.2, -0.15) is 0 Å². The quantitative estimate of drug-likeness (QED) is 0.765. The van der Waals surface area contributed by atoms with Gasteiger partial charge in [0.15, 0.2) is 0 Å². The average molecular weight is 338 g/mol. The van der Waals surface area contributed by atoms with Crippen molar-refractivity contribution in [2.75, 3.05) is 6.54 Å². The van der Waals surface area contributed by atoms with Crippen LogP contribution in [0.4, 0.5) is 0 Å². The fraction of sp³-hybridized carbons (Fsp3) is 0.667. The lowest BCUT2D eigenvalue weighted by molar-refractivity contribution is 0.286. The molecular formula is C18H28BrN. The largest absolute Gasteiger partial charge is 0.314 e. The molecule has 1 fully saturated rings. The van der Waals surface area contributed by atoms with Crippen LogP contribution in [0.5, 0.6) is 0 Å². The van der Waals surface area contributed by atoms with Gasteiger partial charge in [0.25, 0.3) is 0 Å². The van der Waals surface area contributed by atoms with Gasteiger partial charge in [0.1, 0.15) is 0 Å². The third-order valence-corrected chi connectivity index (χ3v) is 5.08. The van der Waals surface area contributed by atoms with E-state index in [1.807, 2.05) is 0 Å². The van der Waals surface area contributed by atoms with Gasteiger partial charge in [-0.05, 0) is 49.4 Å². The summed E-state index contributed by atoms with van der Waals surface area (Å²) in [6.07, 6.45) is 11.2. The molecule has 2 heteroatoms. The summed E-state index contributed by atoms with van der Waals surface area (Å²) in [5, 5.41) is 3.75.